The maximum atomic E-state index is 13.5. The first-order valence-electron chi connectivity index (χ1n) is 9.69. The Balaban J connectivity index is 1.59. The average Bonchev–Trinajstić information content (AvgIpc) is 3.24. The second kappa shape index (κ2) is 7.72. The van der Waals surface area contributed by atoms with Crippen LogP contribution in [0.3, 0.4) is 0 Å². The number of benzene rings is 2. The third-order valence-corrected chi connectivity index (χ3v) is 5.63. The van der Waals surface area contributed by atoms with Gasteiger partial charge in [-0.15, -0.1) is 5.10 Å². The van der Waals surface area contributed by atoms with Crippen molar-refractivity contribution in [2.24, 2.45) is 0 Å². The molecular formula is C23H18ClN5O. The zero-order valence-electron chi connectivity index (χ0n) is 16.1. The van der Waals surface area contributed by atoms with Gasteiger partial charge in [-0.25, -0.2) is 4.68 Å². The van der Waals surface area contributed by atoms with Crippen LogP contribution in [0.2, 0.25) is 5.02 Å². The summed E-state index contributed by atoms with van der Waals surface area (Å²) in [6, 6.07) is 19.3. The van der Waals surface area contributed by atoms with Gasteiger partial charge in [-0.05, 0) is 41.8 Å². The molecule has 0 saturated heterocycles. The van der Waals surface area contributed by atoms with Crippen LogP contribution in [0.15, 0.2) is 73.1 Å². The van der Waals surface area contributed by atoms with Crippen LogP contribution in [0.1, 0.15) is 21.6 Å². The van der Waals surface area contributed by atoms with Gasteiger partial charge in [0.1, 0.15) is 5.69 Å². The molecule has 3 heterocycles. The number of rotatable bonds is 3. The second-order valence-electron chi connectivity index (χ2n) is 7.14. The zero-order chi connectivity index (χ0) is 20.5. The van der Waals surface area contributed by atoms with Crippen LogP contribution >= 0.6 is 11.6 Å². The molecule has 1 aliphatic heterocycles. The topological polar surface area (TPSA) is 63.9 Å². The van der Waals surface area contributed by atoms with Crippen LogP contribution in [-0.4, -0.2) is 37.3 Å². The first-order chi connectivity index (χ1) is 14.7. The largest absolute Gasteiger partial charge is 0.333 e. The Morgan fingerprint density at radius 3 is 2.57 bits per heavy atom. The summed E-state index contributed by atoms with van der Waals surface area (Å²) in [4.78, 5) is 19.5. The number of amides is 1. The van der Waals surface area contributed by atoms with Gasteiger partial charge >= 0.3 is 0 Å². The quantitative estimate of drug-likeness (QED) is 0.503. The van der Waals surface area contributed by atoms with E-state index in [2.05, 4.69) is 27.4 Å². The fourth-order valence-electron chi connectivity index (χ4n) is 3.80. The number of aromatic nitrogens is 4. The summed E-state index contributed by atoms with van der Waals surface area (Å²) in [5.41, 5.74) is 4.74. The summed E-state index contributed by atoms with van der Waals surface area (Å²) in [6.07, 6.45) is 4.22. The zero-order valence-corrected chi connectivity index (χ0v) is 16.8. The monoisotopic (exact) mass is 415 g/mol. The molecule has 2 aromatic heterocycles. The van der Waals surface area contributed by atoms with Gasteiger partial charge in [0.05, 0.1) is 10.7 Å². The average molecular weight is 416 g/mol. The van der Waals surface area contributed by atoms with Crippen LogP contribution in [0, 0.1) is 0 Å². The minimum absolute atomic E-state index is 0.151. The van der Waals surface area contributed by atoms with Gasteiger partial charge in [0.15, 0.2) is 5.69 Å². The van der Waals surface area contributed by atoms with E-state index in [-0.39, 0.29) is 5.91 Å². The van der Waals surface area contributed by atoms with E-state index in [1.165, 1.54) is 11.1 Å². The minimum Gasteiger partial charge on any atom is -0.333 e. The summed E-state index contributed by atoms with van der Waals surface area (Å²) in [5, 5.41) is 9.09. The number of hydrogen-bond donors (Lipinski definition) is 0. The van der Waals surface area contributed by atoms with Crippen LogP contribution < -0.4 is 0 Å². The molecule has 0 bridgehead atoms. The van der Waals surface area contributed by atoms with E-state index in [0.29, 0.717) is 35.2 Å². The molecule has 5 rings (SSSR count). The lowest BCUT2D eigenvalue weighted by molar-refractivity contribution is 0.0729. The van der Waals surface area contributed by atoms with Gasteiger partial charge in [-0.1, -0.05) is 53.2 Å². The number of carbonyl (C=O) groups excluding carboxylic acids is 1. The number of pyridine rings is 1. The van der Waals surface area contributed by atoms with E-state index in [0.717, 1.165) is 12.0 Å². The lowest BCUT2D eigenvalue weighted by Crippen LogP contribution is -2.36. The van der Waals surface area contributed by atoms with Gasteiger partial charge in [-0.2, -0.15) is 0 Å². The number of carbonyl (C=O) groups is 1. The Morgan fingerprint density at radius 2 is 1.77 bits per heavy atom. The third kappa shape index (κ3) is 3.25. The second-order valence-corrected chi connectivity index (χ2v) is 7.54. The van der Waals surface area contributed by atoms with Crippen molar-refractivity contribution in [2.45, 2.75) is 13.0 Å². The normalized spacial score (nSPS) is 13.2. The maximum Gasteiger partial charge on any atom is 0.277 e. The van der Waals surface area contributed by atoms with E-state index in [9.17, 15) is 4.79 Å². The van der Waals surface area contributed by atoms with Crippen molar-refractivity contribution in [3.8, 4) is 16.9 Å². The Bertz CT molecular complexity index is 1220. The summed E-state index contributed by atoms with van der Waals surface area (Å²) in [6.45, 7) is 1.20. The summed E-state index contributed by atoms with van der Waals surface area (Å²) < 4.78 is 1.62. The summed E-state index contributed by atoms with van der Waals surface area (Å²) in [5.74, 6) is -0.151. The predicted molar refractivity (Wildman–Crippen MR) is 114 cm³/mol. The molecule has 30 heavy (non-hydrogen) atoms. The fourth-order valence-corrected chi connectivity index (χ4v) is 4.01. The molecule has 7 heteroatoms. The van der Waals surface area contributed by atoms with Crippen LogP contribution in [-0.2, 0) is 13.0 Å². The van der Waals surface area contributed by atoms with Crippen molar-refractivity contribution in [1.29, 1.82) is 0 Å². The van der Waals surface area contributed by atoms with Crippen molar-refractivity contribution in [3.63, 3.8) is 0 Å². The molecule has 2 aromatic carbocycles. The molecule has 0 unspecified atom stereocenters. The molecule has 6 nitrogen and oxygen atoms in total. The Hall–Kier alpha value is -3.51. The van der Waals surface area contributed by atoms with E-state index in [4.69, 9.17) is 11.6 Å². The number of para-hydroxylation sites is 1. The molecule has 1 amide bonds. The van der Waals surface area contributed by atoms with E-state index < -0.39 is 0 Å². The van der Waals surface area contributed by atoms with E-state index >= 15 is 0 Å². The first-order valence-corrected chi connectivity index (χ1v) is 10.1. The van der Waals surface area contributed by atoms with Crippen molar-refractivity contribution in [1.82, 2.24) is 24.9 Å². The lowest BCUT2D eigenvalue weighted by Gasteiger charge is -2.28. The molecule has 148 valence electrons. The van der Waals surface area contributed by atoms with Crippen molar-refractivity contribution >= 4 is 17.5 Å². The van der Waals surface area contributed by atoms with Gasteiger partial charge < -0.3 is 4.90 Å². The molecule has 4 aromatic rings. The van der Waals surface area contributed by atoms with Crippen molar-refractivity contribution in [3.05, 3.63) is 94.9 Å². The summed E-state index contributed by atoms with van der Waals surface area (Å²) in [7, 11) is 0. The standard InChI is InChI=1S/C23H18ClN5O/c24-19-9-3-4-10-20(19)29-22(17-8-5-12-25-14-17)21(26-27-29)23(30)28-13-11-16-6-1-2-7-18(16)15-28/h1-10,12,14H,11,13,15H2. The smallest absolute Gasteiger partial charge is 0.277 e. The Morgan fingerprint density at radius 1 is 0.967 bits per heavy atom. The molecule has 1 aliphatic rings. The highest BCUT2D eigenvalue weighted by atomic mass is 35.5. The van der Waals surface area contributed by atoms with Crippen molar-refractivity contribution in [2.75, 3.05) is 6.54 Å². The first kappa shape index (κ1) is 18.5. The fraction of sp³-hybridized carbons (Fsp3) is 0.130. The summed E-state index contributed by atoms with van der Waals surface area (Å²) >= 11 is 6.41. The third-order valence-electron chi connectivity index (χ3n) is 5.31. The highest BCUT2D eigenvalue weighted by molar-refractivity contribution is 6.32. The minimum atomic E-state index is -0.151. The van der Waals surface area contributed by atoms with Crippen LogP contribution in [0.5, 0.6) is 0 Å². The maximum absolute atomic E-state index is 13.5. The number of hydrogen-bond acceptors (Lipinski definition) is 4. The number of fused-ring (bicyclic) bond motifs is 1. The van der Waals surface area contributed by atoms with Crippen molar-refractivity contribution < 1.29 is 4.79 Å². The molecule has 0 N–H and O–H groups in total. The van der Waals surface area contributed by atoms with E-state index in [1.54, 1.807) is 23.1 Å². The SMILES string of the molecule is O=C(c1nnn(-c2ccccc2Cl)c1-c1cccnc1)N1CCc2ccccc2C1. The van der Waals surface area contributed by atoms with Gasteiger partial charge in [0, 0.05) is 31.0 Å². The van der Waals surface area contributed by atoms with Gasteiger partial charge in [0.25, 0.3) is 5.91 Å². The molecule has 0 radical (unpaired) electrons. The molecule has 0 atom stereocenters. The van der Waals surface area contributed by atoms with E-state index in [1.807, 2.05) is 47.4 Å². The molecular weight excluding hydrogens is 398 g/mol. The molecule has 0 fully saturated rings. The number of halogens is 1. The molecule has 0 saturated carbocycles. The van der Waals surface area contributed by atoms with Crippen LogP contribution in [0.25, 0.3) is 16.9 Å². The lowest BCUT2D eigenvalue weighted by atomic mass is 9.99. The highest BCUT2D eigenvalue weighted by Gasteiger charge is 2.29. The molecule has 0 aliphatic carbocycles. The predicted octanol–water partition coefficient (Wildman–Crippen LogP) is 4.18. The van der Waals surface area contributed by atoms with Crippen LogP contribution in [0.4, 0.5) is 0 Å². The van der Waals surface area contributed by atoms with Gasteiger partial charge in [0.2, 0.25) is 0 Å². The molecule has 0 spiro atoms. The highest BCUT2D eigenvalue weighted by Crippen LogP contribution is 2.30. The van der Waals surface area contributed by atoms with Gasteiger partial charge in [-0.3, -0.25) is 9.78 Å². The Kier molecular flexibility index (Phi) is 4.77. The Labute approximate surface area is 178 Å². The number of nitrogens with zero attached hydrogens (tertiary/aromatic N) is 5.